The minimum atomic E-state index is -0.489. The molecule has 0 bridgehead atoms. The first-order valence-electron chi connectivity index (χ1n) is 23.2. The molecule has 0 atom stereocenters. The van der Waals surface area contributed by atoms with Crippen molar-refractivity contribution in [2.24, 2.45) is 0 Å². The van der Waals surface area contributed by atoms with Crippen molar-refractivity contribution in [2.75, 3.05) is 4.90 Å². The van der Waals surface area contributed by atoms with Crippen LogP contribution in [0.15, 0.2) is 253 Å². The van der Waals surface area contributed by atoms with Crippen molar-refractivity contribution >= 4 is 49.8 Å². The van der Waals surface area contributed by atoms with Crippen molar-refractivity contribution in [1.29, 1.82) is 0 Å². The molecule has 67 heavy (non-hydrogen) atoms. The van der Waals surface area contributed by atoms with Gasteiger partial charge in [-0.2, -0.15) is 0 Å². The number of para-hydroxylation sites is 1. The molecular formula is C65H41NO. The van der Waals surface area contributed by atoms with Crippen LogP contribution in [-0.2, 0) is 5.41 Å². The number of nitrogens with zero attached hydrogens (tertiary/aromatic N) is 1. The van der Waals surface area contributed by atoms with E-state index in [0.717, 1.165) is 72.0 Å². The molecule has 12 aromatic rings. The second kappa shape index (κ2) is 14.7. The standard InChI is InChI=1S/C65H41NO/c1-3-19-42(20-4-1)43-37-39-45(40-38-43)47-29-17-36-61-62(47)53-41-60(50-26-7-8-27-51(50)64(53)67-61)66(58-34-16-12-23-46(58)44-21-5-2-6-22-44)59-35-18-33-57-63(59)52-28-11-15-32-56(52)65(57)54-30-13-9-24-48(54)49-25-10-14-31-55(49)65/h1-41H. The molecule has 312 valence electrons. The van der Waals surface area contributed by atoms with Crippen LogP contribution >= 0.6 is 0 Å². The van der Waals surface area contributed by atoms with Gasteiger partial charge in [0.1, 0.15) is 11.2 Å². The van der Waals surface area contributed by atoms with E-state index in [1.165, 1.54) is 55.6 Å². The lowest BCUT2D eigenvalue weighted by atomic mass is 9.70. The summed E-state index contributed by atoms with van der Waals surface area (Å²) in [5.74, 6) is 0. The van der Waals surface area contributed by atoms with E-state index in [4.69, 9.17) is 4.42 Å². The first-order chi connectivity index (χ1) is 33.3. The summed E-state index contributed by atoms with van der Waals surface area (Å²) >= 11 is 0. The second-order valence-corrected chi connectivity index (χ2v) is 17.8. The monoisotopic (exact) mass is 851 g/mol. The first-order valence-corrected chi connectivity index (χ1v) is 23.2. The molecular weight excluding hydrogens is 811 g/mol. The first kappa shape index (κ1) is 37.6. The average Bonchev–Trinajstić information content (AvgIpc) is 4.04. The molecule has 0 aliphatic heterocycles. The summed E-state index contributed by atoms with van der Waals surface area (Å²) in [6.07, 6.45) is 0. The third-order valence-electron chi connectivity index (χ3n) is 14.5. The lowest BCUT2D eigenvalue weighted by molar-refractivity contribution is 0.673. The number of benzene rings is 11. The molecule has 2 heteroatoms. The van der Waals surface area contributed by atoms with E-state index in [0.29, 0.717) is 0 Å². The molecule has 0 radical (unpaired) electrons. The summed E-state index contributed by atoms with van der Waals surface area (Å²) in [7, 11) is 0. The number of hydrogen-bond acceptors (Lipinski definition) is 2. The Morgan fingerprint density at radius 1 is 0.299 bits per heavy atom. The van der Waals surface area contributed by atoms with Crippen molar-refractivity contribution in [3.63, 3.8) is 0 Å². The fourth-order valence-corrected chi connectivity index (χ4v) is 11.8. The van der Waals surface area contributed by atoms with Crippen LogP contribution in [0.5, 0.6) is 0 Å². The molecule has 2 nitrogen and oxygen atoms in total. The average molecular weight is 852 g/mol. The van der Waals surface area contributed by atoms with Crippen molar-refractivity contribution in [2.45, 2.75) is 5.41 Å². The number of furan rings is 1. The van der Waals surface area contributed by atoms with E-state index in [2.05, 4.69) is 254 Å². The lowest BCUT2D eigenvalue weighted by Gasteiger charge is -2.33. The van der Waals surface area contributed by atoms with Gasteiger partial charge < -0.3 is 9.32 Å². The highest BCUT2D eigenvalue weighted by molar-refractivity contribution is 6.23. The van der Waals surface area contributed by atoms with Crippen LogP contribution in [0.1, 0.15) is 22.3 Å². The molecule has 0 fully saturated rings. The molecule has 11 aromatic carbocycles. The smallest absolute Gasteiger partial charge is 0.143 e. The molecule has 1 heterocycles. The maximum atomic E-state index is 6.99. The topological polar surface area (TPSA) is 16.4 Å². The minimum absolute atomic E-state index is 0.489. The molecule has 0 unspecified atom stereocenters. The number of fused-ring (bicyclic) bond motifs is 15. The highest BCUT2D eigenvalue weighted by Crippen LogP contribution is 2.65. The van der Waals surface area contributed by atoms with Gasteiger partial charge in [-0.25, -0.2) is 0 Å². The third-order valence-corrected chi connectivity index (χ3v) is 14.5. The highest BCUT2D eigenvalue weighted by Gasteiger charge is 2.52. The van der Waals surface area contributed by atoms with E-state index in [9.17, 15) is 0 Å². The summed E-state index contributed by atoms with van der Waals surface area (Å²) in [6, 6.07) is 91.2. The van der Waals surface area contributed by atoms with Crippen LogP contribution in [0.3, 0.4) is 0 Å². The van der Waals surface area contributed by atoms with Crippen LogP contribution in [0.25, 0.3) is 88.3 Å². The lowest BCUT2D eigenvalue weighted by Crippen LogP contribution is -2.26. The Labute approximate surface area is 389 Å². The fourth-order valence-electron chi connectivity index (χ4n) is 11.8. The quantitative estimate of drug-likeness (QED) is 0.166. The van der Waals surface area contributed by atoms with Crippen molar-refractivity contribution in [3.8, 4) is 55.6 Å². The Morgan fingerprint density at radius 2 is 0.776 bits per heavy atom. The van der Waals surface area contributed by atoms with E-state index in [1.54, 1.807) is 0 Å². The number of anilines is 3. The molecule has 0 N–H and O–H groups in total. The van der Waals surface area contributed by atoms with E-state index in [1.807, 2.05) is 0 Å². The third kappa shape index (κ3) is 5.39. The van der Waals surface area contributed by atoms with Crippen molar-refractivity contribution < 1.29 is 4.42 Å². The summed E-state index contributed by atoms with van der Waals surface area (Å²) in [6.45, 7) is 0. The Bertz CT molecular complexity index is 3870. The summed E-state index contributed by atoms with van der Waals surface area (Å²) in [4.78, 5) is 2.56. The zero-order valence-corrected chi connectivity index (χ0v) is 36.5. The minimum Gasteiger partial charge on any atom is -0.455 e. The van der Waals surface area contributed by atoms with E-state index >= 15 is 0 Å². The van der Waals surface area contributed by atoms with Crippen LogP contribution in [0.2, 0.25) is 0 Å². The van der Waals surface area contributed by atoms with Crippen LogP contribution in [-0.4, -0.2) is 0 Å². The predicted molar refractivity (Wildman–Crippen MR) is 279 cm³/mol. The van der Waals surface area contributed by atoms with E-state index in [-0.39, 0.29) is 0 Å². The van der Waals surface area contributed by atoms with Gasteiger partial charge in [0.05, 0.1) is 22.5 Å². The molecule has 2 aliphatic carbocycles. The molecule has 14 rings (SSSR count). The van der Waals surface area contributed by atoms with Crippen molar-refractivity contribution in [3.05, 3.63) is 271 Å². The van der Waals surface area contributed by atoms with Gasteiger partial charge in [-0.1, -0.05) is 224 Å². The summed E-state index contributed by atoms with van der Waals surface area (Å²) in [5, 5.41) is 4.37. The number of hydrogen-bond donors (Lipinski definition) is 0. The molecule has 1 aromatic heterocycles. The van der Waals surface area contributed by atoms with Gasteiger partial charge in [0.2, 0.25) is 0 Å². The van der Waals surface area contributed by atoms with Crippen molar-refractivity contribution in [1.82, 2.24) is 0 Å². The van der Waals surface area contributed by atoms with Gasteiger partial charge >= 0.3 is 0 Å². The zero-order chi connectivity index (χ0) is 44.1. The van der Waals surface area contributed by atoms with Gasteiger partial charge in [0.25, 0.3) is 0 Å². The molecule has 0 amide bonds. The molecule has 0 saturated heterocycles. The normalized spacial score (nSPS) is 12.9. The van der Waals surface area contributed by atoms with Crippen LogP contribution in [0.4, 0.5) is 17.1 Å². The Hall–Kier alpha value is -8.72. The maximum absolute atomic E-state index is 6.99. The van der Waals surface area contributed by atoms with Crippen LogP contribution in [0, 0.1) is 0 Å². The summed E-state index contributed by atoms with van der Waals surface area (Å²) in [5.41, 5.74) is 21.9. The SMILES string of the molecule is c1ccc(-c2ccc(-c3cccc4oc5c6ccccc6c(N(c6ccccc6-c6ccccc6)c6cccc7c6-c6ccccc6C76c7ccccc7-c7ccccc76)cc5c34)cc2)cc1. The van der Waals surface area contributed by atoms with Crippen LogP contribution < -0.4 is 4.90 Å². The molecule has 1 spiro atoms. The van der Waals surface area contributed by atoms with Gasteiger partial charge in [0, 0.05) is 32.7 Å². The second-order valence-electron chi connectivity index (χ2n) is 17.8. The maximum Gasteiger partial charge on any atom is 0.143 e. The molecule has 0 saturated carbocycles. The summed E-state index contributed by atoms with van der Waals surface area (Å²) < 4.78 is 6.99. The largest absolute Gasteiger partial charge is 0.455 e. The van der Waals surface area contributed by atoms with Gasteiger partial charge in [-0.05, 0) is 91.0 Å². The van der Waals surface area contributed by atoms with E-state index < -0.39 is 5.41 Å². The highest BCUT2D eigenvalue weighted by atomic mass is 16.3. The predicted octanol–water partition coefficient (Wildman–Crippen LogP) is 17.6. The van der Waals surface area contributed by atoms with Gasteiger partial charge in [0.15, 0.2) is 0 Å². The number of rotatable bonds is 6. The zero-order valence-electron chi connectivity index (χ0n) is 36.5. The Kier molecular flexibility index (Phi) is 8.23. The van der Waals surface area contributed by atoms with Gasteiger partial charge in [-0.15, -0.1) is 0 Å². The van der Waals surface area contributed by atoms with Gasteiger partial charge in [-0.3, -0.25) is 0 Å². The Balaban J connectivity index is 1.08. The molecule has 2 aliphatic rings. The Morgan fingerprint density at radius 3 is 1.49 bits per heavy atom. The fraction of sp³-hybridized carbons (Fsp3) is 0.0154.